The van der Waals surface area contributed by atoms with Crippen LogP contribution in [-0.2, 0) is 0 Å². The molecular formula is C14H12N3O2S-. The molecule has 2 N–H and O–H groups in total. The minimum absolute atomic E-state index is 0.127. The second-order valence-corrected chi connectivity index (χ2v) is 5.76. The molecule has 2 aromatic heterocycles. The molecule has 6 heteroatoms. The van der Waals surface area contributed by atoms with Gasteiger partial charge in [-0.15, -0.1) is 11.3 Å². The molecule has 0 aliphatic rings. The van der Waals surface area contributed by atoms with Gasteiger partial charge in [0.1, 0.15) is 10.7 Å². The molecule has 0 saturated carbocycles. The van der Waals surface area contributed by atoms with Gasteiger partial charge in [-0.25, -0.2) is 4.98 Å². The Morgan fingerprint density at radius 2 is 1.95 bits per heavy atom. The number of aromatic amines is 1. The standard InChI is InChI=1S/C14H12N3O2S/c1-7-8(2)20-14-11(7)13(18)15-12(16-14)9-3-5-10(17-19)6-4-9/h3-6,17H,1-2H3,(H,15,16,18)/q-1. The fraction of sp³-hybridized carbons (Fsp3) is 0.143. The maximum absolute atomic E-state index is 12.2. The van der Waals surface area contributed by atoms with Crippen LogP contribution in [0.25, 0.3) is 21.6 Å². The van der Waals surface area contributed by atoms with Crippen molar-refractivity contribution in [3.63, 3.8) is 0 Å². The van der Waals surface area contributed by atoms with Gasteiger partial charge in [0.05, 0.1) is 5.39 Å². The quantitative estimate of drug-likeness (QED) is 0.709. The van der Waals surface area contributed by atoms with Crippen LogP contribution in [-0.4, -0.2) is 9.97 Å². The van der Waals surface area contributed by atoms with E-state index in [-0.39, 0.29) is 5.56 Å². The van der Waals surface area contributed by atoms with Gasteiger partial charge in [-0.05, 0) is 43.7 Å². The first kappa shape index (κ1) is 12.8. The third-order valence-corrected chi connectivity index (χ3v) is 4.42. The summed E-state index contributed by atoms with van der Waals surface area (Å²) in [4.78, 5) is 21.3. The van der Waals surface area contributed by atoms with Gasteiger partial charge in [0.25, 0.3) is 5.56 Å². The van der Waals surface area contributed by atoms with Crippen LogP contribution in [0.15, 0.2) is 29.1 Å². The van der Waals surface area contributed by atoms with Crippen molar-refractivity contribution >= 4 is 27.2 Å². The van der Waals surface area contributed by atoms with E-state index in [2.05, 4.69) is 9.97 Å². The third-order valence-electron chi connectivity index (χ3n) is 3.32. The van der Waals surface area contributed by atoms with Gasteiger partial charge < -0.3 is 15.7 Å². The number of aromatic nitrogens is 2. The van der Waals surface area contributed by atoms with E-state index in [0.29, 0.717) is 16.9 Å². The molecule has 0 unspecified atom stereocenters. The Morgan fingerprint density at radius 1 is 1.25 bits per heavy atom. The van der Waals surface area contributed by atoms with Crippen molar-refractivity contribution in [1.82, 2.24) is 9.97 Å². The van der Waals surface area contributed by atoms with Crippen LogP contribution >= 0.6 is 11.3 Å². The molecule has 102 valence electrons. The van der Waals surface area contributed by atoms with Gasteiger partial charge in [-0.3, -0.25) is 4.79 Å². The summed E-state index contributed by atoms with van der Waals surface area (Å²) in [6, 6.07) is 6.80. The number of aryl methyl sites for hydroxylation is 2. The second kappa shape index (κ2) is 4.73. The van der Waals surface area contributed by atoms with Crippen molar-refractivity contribution in [2.24, 2.45) is 0 Å². The molecule has 3 rings (SSSR count). The lowest BCUT2D eigenvalue weighted by Gasteiger charge is -2.09. The summed E-state index contributed by atoms with van der Waals surface area (Å²) in [5.74, 6) is 0.515. The minimum atomic E-state index is -0.127. The molecule has 0 spiro atoms. The molecule has 0 saturated heterocycles. The summed E-state index contributed by atoms with van der Waals surface area (Å²) in [7, 11) is 0. The van der Waals surface area contributed by atoms with Gasteiger partial charge in [-0.2, -0.15) is 0 Å². The summed E-state index contributed by atoms with van der Waals surface area (Å²) in [6.45, 7) is 3.91. The number of nitrogens with one attached hydrogen (secondary N) is 2. The number of anilines is 1. The Bertz CT molecular complexity index is 834. The van der Waals surface area contributed by atoms with Crippen LogP contribution < -0.4 is 11.0 Å². The highest BCUT2D eigenvalue weighted by Crippen LogP contribution is 2.27. The van der Waals surface area contributed by atoms with Crippen LogP contribution in [0.1, 0.15) is 10.4 Å². The van der Waals surface area contributed by atoms with Gasteiger partial charge >= 0.3 is 0 Å². The highest BCUT2D eigenvalue weighted by Gasteiger charge is 2.12. The molecule has 1 aromatic carbocycles. The zero-order chi connectivity index (χ0) is 14.3. The van der Waals surface area contributed by atoms with Crippen LogP contribution in [0.5, 0.6) is 0 Å². The average molecular weight is 286 g/mol. The molecule has 3 aromatic rings. The number of thiophene rings is 1. The molecule has 0 aliphatic carbocycles. The Morgan fingerprint density at radius 3 is 2.60 bits per heavy atom. The third kappa shape index (κ3) is 1.99. The minimum Gasteiger partial charge on any atom is -0.761 e. The predicted octanol–water partition coefficient (Wildman–Crippen LogP) is 3.18. The van der Waals surface area contributed by atoms with Crippen molar-refractivity contribution < 1.29 is 0 Å². The SMILES string of the molecule is Cc1sc2nc(-c3ccc(N[O-])cc3)[nH]c(=O)c2c1C. The summed E-state index contributed by atoms with van der Waals surface area (Å²) >= 11 is 1.52. The van der Waals surface area contributed by atoms with Gasteiger partial charge in [0, 0.05) is 16.1 Å². The number of hydrogen-bond acceptors (Lipinski definition) is 5. The number of H-pyrrole nitrogens is 1. The molecule has 2 heterocycles. The first-order valence-corrected chi connectivity index (χ1v) is 6.90. The molecule has 0 radical (unpaired) electrons. The fourth-order valence-corrected chi connectivity index (χ4v) is 3.12. The molecule has 0 amide bonds. The van der Waals surface area contributed by atoms with E-state index in [1.165, 1.54) is 11.3 Å². The molecule has 20 heavy (non-hydrogen) atoms. The van der Waals surface area contributed by atoms with Crippen LogP contribution in [0.3, 0.4) is 0 Å². The van der Waals surface area contributed by atoms with E-state index in [4.69, 9.17) is 0 Å². The van der Waals surface area contributed by atoms with Gasteiger partial charge in [-0.1, -0.05) is 0 Å². The lowest BCUT2D eigenvalue weighted by molar-refractivity contribution is 1.18. The molecule has 5 nitrogen and oxygen atoms in total. The fourth-order valence-electron chi connectivity index (χ4n) is 2.09. The molecule has 0 bridgehead atoms. The lowest BCUT2D eigenvalue weighted by atomic mass is 10.2. The van der Waals surface area contributed by atoms with Crippen molar-refractivity contribution in [1.29, 1.82) is 0 Å². The monoisotopic (exact) mass is 286 g/mol. The molecular weight excluding hydrogens is 274 g/mol. The largest absolute Gasteiger partial charge is 0.761 e. The van der Waals surface area contributed by atoms with E-state index in [1.807, 2.05) is 19.3 Å². The van der Waals surface area contributed by atoms with Crippen LogP contribution in [0, 0.1) is 19.1 Å². The van der Waals surface area contributed by atoms with E-state index < -0.39 is 0 Å². The van der Waals surface area contributed by atoms with Crippen molar-refractivity contribution in [3.05, 3.63) is 50.3 Å². The zero-order valence-corrected chi connectivity index (χ0v) is 11.8. The van der Waals surface area contributed by atoms with E-state index >= 15 is 0 Å². The van der Waals surface area contributed by atoms with Crippen molar-refractivity contribution in [2.75, 3.05) is 5.48 Å². The summed E-state index contributed by atoms with van der Waals surface area (Å²) in [5.41, 5.74) is 3.92. The second-order valence-electron chi connectivity index (χ2n) is 4.56. The Labute approximate surface area is 118 Å². The zero-order valence-electron chi connectivity index (χ0n) is 11.0. The van der Waals surface area contributed by atoms with E-state index in [9.17, 15) is 10.0 Å². The highest BCUT2D eigenvalue weighted by atomic mass is 32.1. The van der Waals surface area contributed by atoms with Crippen molar-refractivity contribution in [2.45, 2.75) is 13.8 Å². The maximum atomic E-state index is 12.2. The van der Waals surface area contributed by atoms with Crippen LogP contribution in [0.4, 0.5) is 5.69 Å². The average Bonchev–Trinajstić information content (AvgIpc) is 2.74. The topological polar surface area (TPSA) is 80.8 Å². The molecule has 0 fully saturated rings. The summed E-state index contributed by atoms with van der Waals surface area (Å²) in [5, 5.41) is 11.2. The van der Waals surface area contributed by atoms with Gasteiger partial charge in [0.15, 0.2) is 0 Å². The lowest BCUT2D eigenvalue weighted by Crippen LogP contribution is -2.09. The first-order valence-electron chi connectivity index (χ1n) is 6.09. The van der Waals surface area contributed by atoms with Crippen LogP contribution in [0.2, 0.25) is 0 Å². The Hall–Kier alpha value is -2.18. The highest BCUT2D eigenvalue weighted by molar-refractivity contribution is 7.18. The molecule has 0 aliphatic heterocycles. The summed E-state index contributed by atoms with van der Waals surface area (Å²) < 4.78 is 0. The van der Waals surface area contributed by atoms with Crippen molar-refractivity contribution in [3.8, 4) is 11.4 Å². The number of nitrogens with zero attached hydrogens (tertiary/aromatic N) is 1. The number of benzene rings is 1. The first-order chi connectivity index (χ1) is 9.60. The number of rotatable bonds is 2. The Kier molecular flexibility index (Phi) is 3.04. The maximum Gasteiger partial charge on any atom is 0.260 e. The molecule has 0 atom stereocenters. The normalized spacial score (nSPS) is 10.9. The smallest absolute Gasteiger partial charge is 0.260 e. The summed E-state index contributed by atoms with van der Waals surface area (Å²) in [6.07, 6.45) is 0. The van der Waals surface area contributed by atoms with Gasteiger partial charge in [0.2, 0.25) is 0 Å². The Balaban J connectivity index is 2.19. The number of hydrogen-bond donors (Lipinski definition) is 2. The predicted molar refractivity (Wildman–Crippen MR) is 82.1 cm³/mol. The van der Waals surface area contributed by atoms with E-state index in [0.717, 1.165) is 20.8 Å². The number of fused-ring (bicyclic) bond motifs is 1. The van der Waals surface area contributed by atoms with E-state index in [1.54, 1.807) is 24.3 Å².